The lowest BCUT2D eigenvalue weighted by molar-refractivity contribution is -0.140. The van der Waals surface area contributed by atoms with Crippen molar-refractivity contribution >= 4 is 24.0 Å². The van der Waals surface area contributed by atoms with Gasteiger partial charge < -0.3 is 24.8 Å². The lowest BCUT2D eigenvalue weighted by Crippen LogP contribution is -2.51. The second kappa shape index (κ2) is 10.7. The summed E-state index contributed by atoms with van der Waals surface area (Å²) >= 11 is 0. The molecule has 0 aromatic heterocycles. The molecular formula is C21H23N3O6. The van der Waals surface area contributed by atoms with Crippen LogP contribution in [0.3, 0.4) is 0 Å². The van der Waals surface area contributed by atoms with Crippen LogP contribution in [0.5, 0.6) is 5.75 Å². The second-order valence-electron chi connectivity index (χ2n) is 6.19. The summed E-state index contributed by atoms with van der Waals surface area (Å²) in [7, 11) is 1.53. The highest BCUT2D eigenvalue weighted by molar-refractivity contribution is 5.98. The highest BCUT2D eigenvalue weighted by Crippen LogP contribution is 2.18. The predicted molar refractivity (Wildman–Crippen MR) is 107 cm³/mol. The number of urea groups is 1. The molecule has 0 bridgehead atoms. The molecule has 1 atom stereocenters. The van der Waals surface area contributed by atoms with Crippen molar-refractivity contribution in [2.24, 2.45) is 0 Å². The van der Waals surface area contributed by atoms with Crippen molar-refractivity contribution in [3.8, 4) is 11.8 Å². The van der Waals surface area contributed by atoms with Crippen LogP contribution in [0.1, 0.15) is 25.8 Å². The van der Waals surface area contributed by atoms with Gasteiger partial charge in [-0.25, -0.2) is 14.4 Å². The highest BCUT2D eigenvalue weighted by atomic mass is 16.5. The summed E-state index contributed by atoms with van der Waals surface area (Å²) in [5.41, 5.74) is 0.686. The SMILES string of the molecule is CCOC(=O)C1=C(COC(=O)/C(C#N)=C/c2ccc(OC)cc2)NC(=O)N[C@H]1CC. The van der Waals surface area contributed by atoms with Crippen molar-refractivity contribution in [1.29, 1.82) is 5.26 Å². The van der Waals surface area contributed by atoms with Gasteiger partial charge in [-0.05, 0) is 37.1 Å². The minimum atomic E-state index is -0.884. The van der Waals surface area contributed by atoms with Gasteiger partial charge in [0.25, 0.3) is 0 Å². The third-order valence-electron chi connectivity index (χ3n) is 4.26. The van der Waals surface area contributed by atoms with Gasteiger partial charge >= 0.3 is 18.0 Å². The molecule has 1 aliphatic rings. The molecule has 0 fully saturated rings. The molecular weight excluding hydrogens is 390 g/mol. The van der Waals surface area contributed by atoms with Crippen LogP contribution in [0.4, 0.5) is 4.79 Å². The minimum absolute atomic E-state index is 0.124. The summed E-state index contributed by atoms with van der Waals surface area (Å²) in [6.07, 6.45) is 1.82. The van der Waals surface area contributed by atoms with Crippen molar-refractivity contribution in [1.82, 2.24) is 10.6 Å². The number of hydrogen-bond acceptors (Lipinski definition) is 7. The van der Waals surface area contributed by atoms with Crippen molar-refractivity contribution in [2.75, 3.05) is 20.3 Å². The molecule has 1 aromatic carbocycles. The number of ether oxygens (including phenoxy) is 3. The van der Waals surface area contributed by atoms with Crippen LogP contribution < -0.4 is 15.4 Å². The maximum absolute atomic E-state index is 12.4. The summed E-state index contributed by atoms with van der Waals surface area (Å²) in [6, 6.07) is 7.46. The van der Waals surface area contributed by atoms with Crippen molar-refractivity contribution in [3.63, 3.8) is 0 Å². The van der Waals surface area contributed by atoms with Gasteiger partial charge in [0.15, 0.2) is 0 Å². The number of nitrogens with zero attached hydrogens (tertiary/aromatic N) is 1. The van der Waals surface area contributed by atoms with E-state index in [0.717, 1.165) is 0 Å². The fourth-order valence-electron chi connectivity index (χ4n) is 2.79. The third kappa shape index (κ3) is 5.61. The van der Waals surface area contributed by atoms with E-state index >= 15 is 0 Å². The van der Waals surface area contributed by atoms with Gasteiger partial charge in [0, 0.05) is 0 Å². The Bertz CT molecular complexity index is 912. The summed E-state index contributed by atoms with van der Waals surface area (Å²) in [5.74, 6) is -0.860. The van der Waals surface area contributed by atoms with E-state index in [4.69, 9.17) is 14.2 Å². The largest absolute Gasteiger partial charge is 0.497 e. The number of methoxy groups -OCH3 is 1. The zero-order chi connectivity index (χ0) is 22.1. The van der Waals surface area contributed by atoms with Gasteiger partial charge in [0.05, 0.1) is 31.0 Å². The minimum Gasteiger partial charge on any atom is -0.497 e. The van der Waals surface area contributed by atoms with E-state index in [0.29, 0.717) is 17.7 Å². The molecule has 2 N–H and O–H groups in total. The Morgan fingerprint density at radius 1 is 1.20 bits per heavy atom. The molecule has 9 nitrogen and oxygen atoms in total. The van der Waals surface area contributed by atoms with Gasteiger partial charge in [-0.2, -0.15) is 5.26 Å². The Morgan fingerprint density at radius 2 is 1.90 bits per heavy atom. The lowest BCUT2D eigenvalue weighted by atomic mass is 10.0. The van der Waals surface area contributed by atoms with Gasteiger partial charge in [-0.1, -0.05) is 19.1 Å². The number of carbonyl (C=O) groups excluding carboxylic acids is 3. The normalized spacial score (nSPS) is 16.1. The molecule has 1 aliphatic heterocycles. The summed E-state index contributed by atoms with van der Waals surface area (Å²) in [6.45, 7) is 3.23. The first-order valence-corrected chi connectivity index (χ1v) is 9.34. The molecule has 1 heterocycles. The summed E-state index contributed by atoms with van der Waals surface area (Å²) < 4.78 is 15.3. The topological polar surface area (TPSA) is 127 Å². The fraction of sp³-hybridized carbons (Fsp3) is 0.333. The number of hydrogen-bond donors (Lipinski definition) is 2. The number of amides is 2. The number of nitriles is 1. The van der Waals surface area contributed by atoms with E-state index in [1.54, 1.807) is 44.2 Å². The molecule has 9 heteroatoms. The average Bonchev–Trinajstić information content (AvgIpc) is 2.75. The van der Waals surface area contributed by atoms with Gasteiger partial charge in [-0.15, -0.1) is 0 Å². The van der Waals surface area contributed by atoms with Crippen LogP contribution in [0.15, 0.2) is 41.1 Å². The Morgan fingerprint density at radius 3 is 2.47 bits per heavy atom. The number of benzene rings is 1. The van der Waals surface area contributed by atoms with E-state index in [1.807, 2.05) is 0 Å². The van der Waals surface area contributed by atoms with Gasteiger partial charge in [-0.3, -0.25) is 0 Å². The summed E-state index contributed by atoms with van der Waals surface area (Å²) in [5, 5.41) is 14.4. The molecule has 0 radical (unpaired) electrons. The Labute approximate surface area is 174 Å². The molecule has 0 spiro atoms. The van der Waals surface area contributed by atoms with Crippen molar-refractivity contribution in [3.05, 3.63) is 46.7 Å². The molecule has 0 saturated heterocycles. The Balaban J connectivity index is 2.20. The molecule has 0 saturated carbocycles. The molecule has 158 valence electrons. The molecule has 30 heavy (non-hydrogen) atoms. The van der Waals surface area contributed by atoms with Crippen LogP contribution in [0.2, 0.25) is 0 Å². The van der Waals surface area contributed by atoms with Crippen LogP contribution in [-0.4, -0.2) is 44.3 Å². The van der Waals surface area contributed by atoms with E-state index in [2.05, 4.69) is 10.6 Å². The number of esters is 2. The van der Waals surface area contributed by atoms with E-state index in [-0.39, 0.29) is 23.5 Å². The van der Waals surface area contributed by atoms with Gasteiger partial charge in [0.2, 0.25) is 0 Å². The first kappa shape index (κ1) is 22.5. The smallest absolute Gasteiger partial charge is 0.349 e. The second-order valence-corrected chi connectivity index (χ2v) is 6.19. The van der Waals surface area contributed by atoms with E-state index in [1.165, 1.54) is 13.2 Å². The van der Waals surface area contributed by atoms with Crippen molar-refractivity contribution < 1.29 is 28.6 Å². The zero-order valence-electron chi connectivity index (χ0n) is 17.0. The lowest BCUT2D eigenvalue weighted by Gasteiger charge is -2.28. The molecule has 0 aliphatic carbocycles. The maximum atomic E-state index is 12.4. The fourth-order valence-corrected chi connectivity index (χ4v) is 2.79. The summed E-state index contributed by atoms with van der Waals surface area (Å²) in [4.78, 5) is 36.6. The predicted octanol–water partition coefficient (Wildman–Crippen LogP) is 2.05. The van der Waals surface area contributed by atoms with Crippen LogP contribution in [0.25, 0.3) is 6.08 Å². The van der Waals surface area contributed by atoms with Crippen molar-refractivity contribution in [2.45, 2.75) is 26.3 Å². The number of carbonyl (C=O) groups is 3. The quantitative estimate of drug-likeness (QED) is 0.379. The first-order chi connectivity index (χ1) is 14.4. The third-order valence-corrected chi connectivity index (χ3v) is 4.26. The average molecular weight is 413 g/mol. The van der Waals surface area contributed by atoms with Crippen LogP contribution >= 0.6 is 0 Å². The molecule has 2 amide bonds. The molecule has 2 rings (SSSR count). The van der Waals surface area contributed by atoms with Crippen LogP contribution in [0, 0.1) is 11.3 Å². The Hall–Kier alpha value is -3.80. The zero-order valence-corrected chi connectivity index (χ0v) is 17.0. The maximum Gasteiger partial charge on any atom is 0.349 e. The Kier molecular flexibility index (Phi) is 7.99. The first-order valence-electron chi connectivity index (χ1n) is 9.34. The van der Waals surface area contributed by atoms with Gasteiger partial charge in [0.1, 0.15) is 24.0 Å². The highest BCUT2D eigenvalue weighted by Gasteiger charge is 2.32. The number of rotatable bonds is 8. The molecule has 0 unspecified atom stereocenters. The number of nitrogens with one attached hydrogen (secondary N) is 2. The van der Waals surface area contributed by atoms with E-state index in [9.17, 15) is 19.6 Å². The van der Waals surface area contributed by atoms with E-state index < -0.39 is 30.6 Å². The van der Waals surface area contributed by atoms with Crippen LogP contribution in [-0.2, 0) is 19.1 Å². The standard InChI is InChI=1S/C21H23N3O6/c1-4-16-18(20(26)29-5-2)17(24-21(27)23-16)12-30-19(25)14(11-22)10-13-6-8-15(28-3)9-7-13/h6-10,16H,4-5,12H2,1-3H3,(H2,23,24,27)/b14-10+/t16-/m0/s1. The molecule has 1 aromatic rings. The monoisotopic (exact) mass is 413 g/mol.